The van der Waals surface area contributed by atoms with Crippen LogP contribution in [0, 0.1) is 5.92 Å². The van der Waals surface area contributed by atoms with E-state index in [0.717, 1.165) is 18.1 Å². The first-order valence-electron chi connectivity index (χ1n) is 9.16. The van der Waals surface area contributed by atoms with Gasteiger partial charge in [-0.2, -0.15) is 0 Å². The number of nitrogens with one attached hydrogen (secondary N) is 1. The van der Waals surface area contributed by atoms with Gasteiger partial charge in [-0.1, -0.05) is 18.9 Å². The Bertz CT molecular complexity index is 547. The van der Waals surface area contributed by atoms with E-state index >= 15 is 0 Å². The molecule has 0 spiro atoms. The highest BCUT2D eigenvalue weighted by atomic mass is 16.6. The number of ether oxygens (including phenoxy) is 3. The van der Waals surface area contributed by atoms with E-state index in [0.29, 0.717) is 5.92 Å². The van der Waals surface area contributed by atoms with Gasteiger partial charge in [0.05, 0.1) is 6.61 Å². The summed E-state index contributed by atoms with van der Waals surface area (Å²) in [5, 5.41) is 2.75. The number of benzene rings is 1. The van der Waals surface area contributed by atoms with E-state index in [2.05, 4.69) is 5.32 Å². The molecule has 0 bridgehead atoms. The molecule has 5 heteroatoms. The number of rotatable bonds is 7. The van der Waals surface area contributed by atoms with Gasteiger partial charge in [-0.05, 0) is 58.6 Å². The molecule has 0 aromatic heterocycles. The predicted octanol–water partition coefficient (Wildman–Crippen LogP) is 4.55. The molecule has 5 nitrogen and oxygen atoms in total. The van der Waals surface area contributed by atoms with E-state index in [-0.39, 0.29) is 18.2 Å². The van der Waals surface area contributed by atoms with Crippen molar-refractivity contribution in [1.29, 1.82) is 0 Å². The lowest BCUT2D eigenvalue weighted by molar-refractivity contribution is 0.0856. The molecule has 1 aliphatic carbocycles. The highest BCUT2D eigenvalue weighted by molar-refractivity contribution is 5.68. The summed E-state index contributed by atoms with van der Waals surface area (Å²) >= 11 is 0. The molecule has 1 aliphatic rings. The topological polar surface area (TPSA) is 56.8 Å². The van der Waals surface area contributed by atoms with Gasteiger partial charge in [0.2, 0.25) is 0 Å². The maximum Gasteiger partial charge on any atom is 0.407 e. The Morgan fingerprint density at radius 2 is 1.92 bits per heavy atom. The molecular formula is C20H31NO4. The van der Waals surface area contributed by atoms with Gasteiger partial charge in [0.25, 0.3) is 0 Å². The van der Waals surface area contributed by atoms with Crippen molar-refractivity contribution in [3.63, 3.8) is 0 Å². The molecule has 1 atom stereocenters. The van der Waals surface area contributed by atoms with Crippen LogP contribution in [0.3, 0.4) is 0 Å². The molecule has 1 amide bonds. The summed E-state index contributed by atoms with van der Waals surface area (Å²) in [7, 11) is 0. The van der Waals surface area contributed by atoms with Gasteiger partial charge in [-0.25, -0.2) is 4.79 Å². The first-order chi connectivity index (χ1) is 11.8. The fraction of sp³-hybridized carbons (Fsp3) is 0.650. The zero-order chi connectivity index (χ0) is 18.3. The number of amides is 1. The largest absolute Gasteiger partial charge is 0.493 e. The van der Waals surface area contributed by atoms with E-state index in [4.69, 9.17) is 14.2 Å². The molecule has 25 heavy (non-hydrogen) atoms. The number of alkyl carbamates (subject to hydrolysis) is 1. The summed E-state index contributed by atoms with van der Waals surface area (Å²) in [6.07, 6.45) is 4.49. The Balaban J connectivity index is 1.75. The summed E-state index contributed by atoms with van der Waals surface area (Å²) < 4.78 is 16.9. The zero-order valence-electron chi connectivity index (χ0n) is 15.8. The lowest BCUT2D eigenvalue weighted by atomic mass is 10.1. The average Bonchev–Trinajstić information content (AvgIpc) is 3.03. The van der Waals surface area contributed by atoms with Gasteiger partial charge < -0.3 is 19.5 Å². The number of carbonyl (C=O) groups excluding carboxylic acids is 1. The normalized spacial score (nSPS) is 16.3. The van der Waals surface area contributed by atoms with Crippen molar-refractivity contribution in [3.05, 3.63) is 24.3 Å². The highest BCUT2D eigenvalue weighted by Crippen LogP contribution is 2.27. The van der Waals surface area contributed by atoms with Crippen molar-refractivity contribution in [2.24, 2.45) is 5.92 Å². The van der Waals surface area contributed by atoms with E-state index in [1.807, 2.05) is 52.0 Å². The molecule has 1 aromatic carbocycles. The van der Waals surface area contributed by atoms with Gasteiger partial charge >= 0.3 is 6.09 Å². The fourth-order valence-corrected chi connectivity index (χ4v) is 2.83. The van der Waals surface area contributed by atoms with E-state index in [1.165, 1.54) is 25.7 Å². The van der Waals surface area contributed by atoms with Gasteiger partial charge in [0, 0.05) is 11.6 Å². The summed E-state index contributed by atoms with van der Waals surface area (Å²) in [4.78, 5) is 11.7. The second-order valence-electron chi connectivity index (χ2n) is 7.84. The molecule has 0 radical (unpaired) electrons. The molecule has 0 unspecified atom stereocenters. The van der Waals surface area contributed by atoms with Crippen LogP contribution in [-0.4, -0.2) is 30.9 Å². The van der Waals surface area contributed by atoms with Crippen LogP contribution in [-0.2, 0) is 4.74 Å². The zero-order valence-corrected chi connectivity index (χ0v) is 15.8. The third kappa shape index (κ3) is 7.67. The van der Waals surface area contributed by atoms with Crippen molar-refractivity contribution in [2.45, 2.75) is 65.0 Å². The van der Waals surface area contributed by atoms with Gasteiger partial charge in [0.1, 0.15) is 24.2 Å². The first kappa shape index (κ1) is 19.4. The average molecular weight is 349 g/mol. The number of hydrogen-bond donors (Lipinski definition) is 1. The third-order valence-electron chi connectivity index (χ3n) is 4.03. The molecule has 0 heterocycles. The number of hydrogen-bond acceptors (Lipinski definition) is 4. The van der Waals surface area contributed by atoms with Crippen LogP contribution in [0.4, 0.5) is 4.79 Å². The summed E-state index contributed by atoms with van der Waals surface area (Å²) in [6.45, 7) is 8.56. The van der Waals surface area contributed by atoms with Gasteiger partial charge in [0.15, 0.2) is 0 Å². The van der Waals surface area contributed by atoms with E-state index in [1.54, 1.807) is 0 Å². The predicted molar refractivity (Wildman–Crippen MR) is 98.2 cm³/mol. The Hall–Kier alpha value is -1.91. The van der Waals surface area contributed by atoms with Crippen molar-refractivity contribution in [3.8, 4) is 11.5 Å². The van der Waals surface area contributed by atoms with Crippen molar-refractivity contribution in [1.82, 2.24) is 5.32 Å². The van der Waals surface area contributed by atoms with Crippen LogP contribution in [0.25, 0.3) is 0 Å². The Labute approximate surface area is 151 Å². The Morgan fingerprint density at radius 3 is 2.60 bits per heavy atom. The smallest absolute Gasteiger partial charge is 0.407 e. The van der Waals surface area contributed by atoms with Crippen LogP contribution in [0.2, 0.25) is 0 Å². The van der Waals surface area contributed by atoms with Crippen molar-refractivity contribution < 1.29 is 19.0 Å². The molecule has 1 fully saturated rings. The minimum absolute atomic E-state index is 0.190. The molecule has 0 saturated heterocycles. The van der Waals surface area contributed by atoms with Gasteiger partial charge in [-0.15, -0.1) is 0 Å². The second kappa shape index (κ2) is 8.97. The quantitative estimate of drug-likeness (QED) is 0.785. The monoisotopic (exact) mass is 349 g/mol. The maximum absolute atomic E-state index is 11.7. The highest BCUT2D eigenvalue weighted by Gasteiger charge is 2.17. The number of carbonyl (C=O) groups is 1. The second-order valence-corrected chi connectivity index (χ2v) is 7.84. The van der Waals surface area contributed by atoms with Crippen molar-refractivity contribution >= 4 is 6.09 Å². The van der Waals surface area contributed by atoms with Crippen LogP contribution in [0.5, 0.6) is 11.5 Å². The van der Waals surface area contributed by atoms with Crippen molar-refractivity contribution in [2.75, 3.05) is 13.2 Å². The molecule has 1 aromatic rings. The van der Waals surface area contributed by atoms with Crippen LogP contribution >= 0.6 is 0 Å². The summed E-state index contributed by atoms with van der Waals surface area (Å²) in [5.74, 6) is 2.22. The minimum Gasteiger partial charge on any atom is -0.493 e. The molecule has 1 saturated carbocycles. The fourth-order valence-electron chi connectivity index (χ4n) is 2.83. The van der Waals surface area contributed by atoms with Crippen LogP contribution < -0.4 is 14.8 Å². The standard InChI is InChI=1S/C20H31NO4/c1-15(13-24-19(22)21-20(2,3)4)25-18-11-7-10-17(12-18)23-14-16-8-5-6-9-16/h7,10-12,15-16H,5-6,8-9,13-14H2,1-4H3,(H,21,22)/t15-/m0/s1. The van der Waals surface area contributed by atoms with Gasteiger partial charge in [-0.3, -0.25) is 0 Å². The first-order valence-corrected chi connectivity index (χ1v) is 9.16. The van der Waals surface area contributed by atoms with E-state index in [9.17, 15) is 4.79 Å². The lowest BCUT2D eigenvalue weighted by Gasteiger charge is -2.21. The lowest BCUT2D eigenvalue weighted by Crippen LogP contribution is -2.41. The Morgan fingerprint density at radius 1 is 1.24 bits per heavy atom. The summed E-state index contributed by atoms with van der Waals surface area (Å²) in [6, 6.07) is 7.63. The van der Waals surface area contributed by atoms with Crippen LogP contribution in [0.15, 0.2) is 24.3 Å². The molecule has 140 valence electrons. The minimum atomic E-state index is -0.434. The molecule has 1 N–H and O–H groups in total. The molecular weight excluding hydrogens is 318 g/mol. The maximum atomic E-state index is 11.7. The third-order valence-corrected chi connectivity index (χ3v) is 4.03. The van der Waals surface area contributed by atoms with Crippen LogP contribution in [0.1, 0.15) is 53.4 Å². The van der Waals surface area contributed by atoms with E-state index < -0.39 is 6.09 Å². The molecule has 2 rings (SSSR count). The molecule has 0 aliphatic heterocycles. The summed E-state index contributed by atoms with van der Waals surface area (Å²) in [5.41, 5.74) is -0.313. The Kier molecular flexibility index (Phi) is 6.97. The SMILES string of the molecule is C[C@@H](COC(=O)NC(C)(C)C)Oc1cccc(OCC2CCCC2)c1.